The number of carbonyl (C=O) groups is 6. The van der Waals surface area contributed by atoms with Crippen molar-refractivity contribution in [3.05, 3.63) is 88.7 Å². The molecule has 6 heterocycles. The van der Waals surface area contributed by atoms with Crippen LogP contribution in [0.25, 0.3) is 11.0 Å². The van der Waals surface area contributed by atoms with Gasteiger partial charge in [0, 0.05) is 69.9 Å². The lowest BCUT2D eigenvalue weighted by atomic mass is 9.89. The van der Waals surface area contributed by atoms with Gasteiger partial charge in [-0.2, -0.15) is 0 Å². The molecule has 6 amide bonds. The molecule has 4 saturated heterocycles. The number of fused-ring (bicyclic) bond motifs is 2. The topological polar surface area (TPSA) is 171 Å². The molecule has 9 rings (SSSR count). The van der Waals surface area contributed by atoms with Gasteiger partial charge >= 0.3 is 0 Å². The first kappa shape index (κ1) is 38.6. The zero-order valence-electron chi connectivity index (χ0n) is 33.1. The Hall–Kier alpha value is -5.93. The maximum Gasteiger partial charge on any atom is 0.264 e. The van der Waals surface area contributed by atoms with Crippen molar-refractivity contribution < 1.29 is 28.8 Å². The summed E-state index contributed by atoms with van der Waals surface area (Å²) in [5, 5.41) is 5.28. The molecular formula is C44H49N9O6. The Morgan fingerprint density at radius 2 is 1.56 bits per heavy atom. The number of nitrogens with one attached hydrogen (secondary N) is 3. The molecule has 1 aromatic heterocycles. The SMILES string of the molecule is O=C1CCC(N2C(=O)c3cccc(N4CCN(CCC(=O)N5CCC(c6ccc(C(=O)Nc7ccc8nc(CN9CCCC9)[nH]c8c7)cc6)CC5)CC4)c3C2=O)C(=O)N1. The third-order valence-corrected chi connectivity index (χ3v) is 12.7. The van der Waals surface area contributed by atoms with Gasteiger partial charge in [-0.3, -0.25) is 48.8 Å². The minimum atomic E-state index is -1.01. The average Bonchev–Trinajstić information content (AvgIpc) is 3.98. The smallest absolute Gasteiger partial charge is 0.264 e. The predicted octanol–water partition coefficient (Wildman–Crippen LogP) is 3.73. The molecule has 0 spiro atoms. The fourth-order valence-electron chi connectivity index (χ4n) is 9.32. The number of imide groups is 2. The van der Waals surface area contributed by atoms with Gasteiger partial charge in [0.05, 0.1) is 34.4 Å². The number of rotatable bonds is 10. The van der Waals surface area contributed by atoms with Crippen LogP contribution < -0.4 is 15.5 Å². The zero-order valence-corrected chi connectivity index (χ0v) is 33.1. The van der Waals surface area contributed by atoms with Gasteiger partial charge in [0.15, 0.2) is 0 Å². The van der Waals surface area contributed by atoms with Crippen LogP contribution in [0.2, 0.25) is 0 Å². The molecule has 0 radical (unpaired) electrons. The summed E-state index contributed by atoms with van der Waals surface area (Å²) in [5.41, 5.74) is 5.52. The number of piperidine rings is 2. The van der Waals surface area contributed by atoms with Gasteiger partial charge in [-0.1, -0.05) is 18.2 Å². The van der Waals surface area contributed by atoms with Crippen LogP contribution in [0.4, 0.5) is 11.4 Å². The molecule has 306 valence electrons. The molecule has 4 fully saturated rings. The predicted molar refractivity (Wildman–Crippen MR) is 220 cm³/mol. The van der Waals surface area contributed by atoms with E-state index < -0.39 is 29.7 Å². The highest BCUT2D eigenvalue weighted by Gasteiger charge is 2.46. The summed E-state index contributed by atoms with van der Waals surface area (Å²) in [6.45, 7) is 7.69. The third-order valence-electron chi connectivity index (χ3n) is 12.7. The van der Waals surface area contributed by atoms with Gasteiger partial charge in [-0.15, -0.1) is 0 Å². The average molecular weight is 800 g/mol. The van der Waals surface area contributed by atoms with Gasteiger partial charge in [-0.25, -0.2) is 4.98 Å². The Bertz CT molecular complexity index is 2300. The molecule has 5 aliphatic heterocycles. The normalized spacial score (nSPS) is 20.7. The fourth-order valence-corrected chi connectivity index (χ4v) is 9.32. The summed E-state index contributed by atoms with van der Waals surface area (Å²) in [6, 6.07) is 17.8. The Morgan fingerprint density at radius 3 is 2.31 bits per heavy atom. The maximum absolute atomic E-state index is 13.6. The van der Waals surface area contributed by atoms with Gasteiger partial charge in [0.25, 0.3) is 17.7 Å². The molecule has 0 saturated carbocycles. The Labute approximate surface area is 342 Å². The molecule has 3 aromatic carbocycles. The highest BCUT2D eigenvalue weighted by molar-refractivity contribution is 6.25. The van der Waals surface area contributed by atoms with E-state index >= 15 is 0 Å². The van der Waals surface area contributed by atoms with E-state index in [1.54, 1.807) is 12.1 Å². The molecule has 59 heavy (non-hydrogen) atoms. The number of anilines is 2. The third kappa shape index (κ3) is 7.96. The number of piperazine rings is 1. The first-order chi connectivity index (χ1) is 28.7. The summed E-state index contributed by atoms with van der Waals surface area (Å²) in [6.07, 6.45) is 4.81. The van der Waals surface area contributed by atoms with Crippen LogP contribution in [0.1, 0.15) is 93.3 Å². The standard InChI is InChI=1S/C44H49N9O6/c54-38-13-12-36(42(57)48-38)53-43(58)32-4-3-5-35(40(32)44(53)59)51-24-22-49(23-25-51)19-16-39(55)52-20-14-29(15-21-52)28-6-8-30(9-7-28)41(56)45-31-10-11-33-34(26-31)47-37(46-33)27-50-17-1-2-18-50/h3-11,26,29,36H,1-2,12-25,27H2,(H,45,56)(H,46,47)(H,48,54,57). The molecule has 15 heteroatoms. The lowest BCUT2D eigenvalue weighted by Crippen LogP contribution is -2.54. The van der Waals surface area contributed by atoms with Crippen molar-refractivity contribution in [2.24, 2.45) is 0 Å². The van der Waals surface area contributed by atoms with Gasteiger partial charge < -0.3 is 20.1 Å². The number of aromatic amines is 1. The van der Waals surface area contributed by atoms with Gasteiger partial charge in [0.2, 0.25) is 17.7 Å². The summed E-state index contributed by atoms with van der Waals surface area (Å²) < 4.78 is 0. The molecule has 4 aromatic rings. The fraction of sp³-hybridized carbons (Fsp3) is 0.432. The number of likely N-dealkylation sites (tertiary alicyclic amines) is 2. The Morgan fingerprint density at radius 1 is 0.797 bits per heavy atom. The van der Waals surface area contributed by atoms with Crippen LogP contribution >= 0.6 is 0 Å². The zero-order chi connectivity index (χ0) is 40.6. The number of nitrogens with zero attached hydrogens (tertiary/aromatic N) is 6. The molecule has 5 aliphatic rings. The number of amides is 6. The first-order valence-electron chi connectivity index (χ1n) is 20.9. The molecule has 15 nitrogen and oxygen atoms in total. The molecular weight excluding hydrogens is 751 g/mol. The minimum absolute atomic E-state index is 0.0728. The maximum atomic E-state index is 13.6. The number of benzene rings is 3. The van der Waals surface area contributed by atoms with E-state index in [-0.39, 0.29) is 30.2 Å². The van der Waals surface area contributed by atoms with E-state index in [0.29, 0.717) is 75.0 Å². The number of H-pyrrole nitrogens is 1. The van der Waals surface area contributed by atoms with E-state index in [1.807, 2.05) is 53.4 Å². The van der Waals surface area contributed by atoms with Crippen molar-refractivity contribution in [3.63, 3.8) is 0 Å². The highest BCUT2D eigenvalue weighted by atomic mass is 16.2. The molecule has 1 unspecified atom stereocenters. The number of hydrogen-bond acceptors (Lipinski definition) is 10. The van der Waals surface area contributed by atoms with Crippen LogP contribution in [0, 0.1) is 0 Å². The number of hydrogen-bond donors (Lipinski definition) is 3. The summed E-state index contributed by atoms with van der Waals surface area (Å²) in [5.74, 6) is -0.802. The summed E-state index contributed by atoms with van der Waals surface area (Å²) >= 11 is 0. The second-order valence-electron chi connectivity index (χ2n) is 16.4. The van der Waals surface area contributed by atoms with E-state index in [0.717, 1.165) is 59.9 Å². The minimum Gasteiger partial charge on any atom is -0.368 e. The molecule has 0 bridgehead atoms. The Kier molecular flexibility index (Phi) is 10.7. The van der Waals surface area contributed by atoms with Crippen LogP contribution in [0.5, 0.6) is 0 Å². The monoisotopic (exact) mass is 799 g/mol. The number of aromatic nitrogens is 2. The summed E-state index contributed by atoms with van der Waals surface area (Å²) in [7, 11) is 0. The van der Waals surface area contributed by atoms with Crippen molar-refractivity contribution >= 4 is 57.9 Å². The lowest BCUT2D eigenvalue weighted by molar-refractivity contribution is -0.136. The van der Waals surface area contributed by atoms with Crippen LogP contribution in [-0.4, -0.2) is 130 Å². The van der Waals surface area contributed by atoms with Crippen molar-refractivity contribution in [2.45, 2.75) is 63.5 Å². The van der Waals surface area contributed by atoms with Gasteiger partial charge in [-0.05, 0) is 99.1 Å². The lowest BCUT2D eigenvalue weighted by Gasteiger charge is -2.37. The number of carbonyl (C=O) groups excluding carboxylic acids is 6. The van der Waals surface area contributed by atoms with Crippen LogP contribution in [0.3, 0.4) is 0 Å². The van der Waals surface area contributed by atoms with Crippen molar-refractivity contribution in [1.29, 1.82) is 0 Å². The van der Waals surface area contributed by atoms with Crippen LogP contribution in [-0.2, 0) is 20.9 Å². The quantitative estimate of drug-likeness (QED) is 0.201. The van der Waals surface area contributed by atoms with E-state index in [4.69, 9.17) is 4.98 Å². The second kappa shape index (κ2) is 16.4. The summed E-state index contributed by atoms with van der Waals surface area (Å²) in [4.78, 5) is 95.4. The van der Waals surface area contributed by atoms with Crippen molar-refractivity contribution in [3.8, 4) is 0 Å². The van der Waals surface area contributed by atoms with Crippen molar-refractivity contribution in [1.82, 2.24) is 34.9 Å². The van der Waals surface area contributed by atoms with E-state index in [1.165, 1.54) is 18.4 Å². The van der Waals surface area contributed by atoms with Crippen LogP contribution in [0.15, 0.2) is 60.7 Å². The Balaban J connectivity index is 0.719. The first-order valence-corrected chi connectivity index (χ1v) is 20.9. The van der Waals surface area contributed by atoms with E-state index in [2.05, 4.69) is 30.3 Å². The molecule has 3 N–H and O–H groups in total. The largest absolute Gasteiger partial charge is 0.368 e. The van der Waals surface area contributed by atoms with E-state index in [9.17, 15) is 28.8 Å². The number of imidazole rings is 1. The molecule has 0 aliphatic carbocycles. The van der Waals surface area contributed by atoms with Crippen molar-refractivity contribution in [2.75, 3.05) is 69.1 Å². The second-order valence-corrected chi connectivity index (χ2v) is 16.4. The highest BCUT2D eigenvalue weighted by Crippen LogP contribution is 2.35. The molecule has 1 atom stereocenters. The van der Waals surface area contributed by atoms with Gasteiger partial charge in [0.1, 0.15) is 11.9 Å².